The van der Waals surface area contributed by atoms with Crippen LogP contribution in [0.25, 0.3) is 0 Å². The SMILES string of the molecule is CCCCCCCCCC1CCC(C2CCC(CCCCCCCCC)CC2)CC1. The molecule has 0 aromatic rings. The highest BCUT2D eigenvalue weighted by Crippen LogP contribution is 2.43. The molecule has 0 nitrogen and oxygen atoms in total. The highest BCUT2D eigenvalue weighted by Gasteiger charge is 2.30. The summed E-state index contributed by atoms with van der Waals surface area (Å²) in [5.41, 5.74) is 0. The van der Waals surface area contributed by atoms with E-state index in [0.29, 0.717) is 0 Å². The Balaban J connectivity index is 1.44. The van der Waals surface area contributed by atoms with Crippen molar-refractivity contribution in [1.82, 2.24) is 0 Å². The third-order valence-corrected chi connectivity index (χ3v) is 8.88. The quantitative estimate of drug-likeness (QED) is 0.206. The molecular weight excluding hydrogens is 360 g/mol. The predicted molar refractivity (Wildman–Crippen MR) is 136 cm³/mol. The first-order valence-corrected chi connectivity index (χ1v) is 14.8. The predicted octanol–water partition coefficient (Wildman–Crippen LogP) is 10.9. The van der Waals surface area contributed by atoms with E-state index in [1.54, 1.807) is 64.2 Å². The lowest BCUT2D eigenvalue weighted by Gasteiger charge is -2.38. The maximum absolute atomic E-state index is 2.32. The highest BCUT2D eigenvalue weighted by atomic mass is 14.4. The van der Waals surface area contributed by atoms with Crippen LogP contribution in [0.2, 0.25) is 0 Å². The molecule has 0 aromatic carbocycles. The second-order valence-electron chi connectivity index (χ2n) is 11.4. The molecule has 0 aliphatic heterocycles. The van der Waals surface area contributed by atoms with Gasteiger partial charge in [-0.15, -0.1) is 0 Å². The van der Waals surface area contributed by atoms with E-state index in [4.69, 9.17) is 0 Å². The van der Waals surface area contributed by atoms with Gasteiger partial charge in [-0.25, -0.2) is 0 Å². The Hall–Kier alpha value is 0. The lowest BCUT2D eigenvalue weighted by atomic mass is 9.68. The average molecular weight is 419 g/mol. The van der Waals surface area contributed by atoms with Crippen LogP contribution in [0.3, 0.4) is 0 Å². The number of unbranched alkanes of at least 4 members (excludes halogenated alkanes) is 12. The van der Waals surface area contributed by atoms with Gasteiger partial charge < -0.3 is 0 Å². The monoisotopic (exact) mass is 418 g/mol. The average Bonchev–Trinajstić information content (AvgIpc) is 2.79. The van der Waals surface area contributed by atoms with Crippen molar-refractivity contribution < 1.29 is 0 Å². The van der Waals surface area contributed by atoms with Crippen molar-refractivity contribution in [3.8, 4) is 0 Å². The Morgan fingerprint density at radius 3 is 1.00 bits per heavy atom. The minimum Gasteiger partial charge on any atom is -0.0654 e. The third kappa shape index (κ3) is 11.6. The van der Waals surface area contributed by atoms with E-state index >= 15 is 0 Å². The normalized spacial score (nSPS) is 27.4. The minimum absolute atomic E-state index is 1.09. The second kappa shape index (κ2) is 17.5. The van der Waals surface area contributed by atoms with Crippen LogP contribution in [0, 0.1) is 23.7 Å². The fourth-order valence-electron chi connectivity index (χ4n) is 6.68. The molecule has 0 N–H and O–H groups in total. The Bertz CT molecular complexity index is 320. The molecule has 0 aromatic heterocycles. The van der Waals surface area contributed by atoms with Crippen molar-refractivity contribution in [2.24, 2.45) is 23.7 Å². The zero-order valence-electron chi connectivity index (χ0n) is 21.3. The zero-order valence-corrected chi connectivity index (χ0v) is 21.3. The van der Waals surface area contributed by atoms with Gasteiger partial charge in [0.1, 0.15) is 0 Å². The summed E-state index contributed by atoms with van der Waals surface area (Å²) in [5.74, 6) is 4.39. The first-order chi connectivity index (χ1) is 14.8. The first-order valence-electron chi connectivity index (χ1n) is 14.8. The first kappa shape index (κ1) is 26.3. The standard InChI is InChI=1S/C30H58/c1-3-5-7-9-11-13-15-17-27-19-23-29(24-20-27)30-25-21-28(22-26-30)18-16-14-12-10-8-6-4-2/h27-30H,3-26H2,1-2H3. The van der Waals surface area contributed by atoms with E-state index in [-0.39, 0.29) is 0 Å². The second-order valence-corrected chi connectivity index (χ2v) is 11.4. The van der Waals surface area contributed by atoms with E-state index < -0.39 is 0 Å². The summed E-state index contributed by atoms with van der Waals surface area (Å²) < 4.78 is 0. The molecule has 2 rings (SSSR count). The van der Waals surface area contributed by atoms with Crippen LogP contribution < -0.4 is 0 Å². The smallest absolute Gasteiger partial charge is 0.0386 e. The van der Waals surface area contributed by atoms with Gasteiger partial charge in [-0.2, -0.15) is 0 Å². The summed E-state index contributed by atoms with van der Waals surface area (Å²) >= 11 is 0. The largest absolute Gasteiger partial charge is 0.0654 e. The highest BCUT2D eigenvalue weighted by molar-refractivity contribution is 4.82. The Morgan fingerprint density at radius 1 is 0.367 bits per heavy atom. The van der Waals surface area contributed by atoms with E-state index in [9.17, 15) is 0 Å². The molecule has 0 heterocycles. The van der Waals surface area contributed by atoms with Crippen LogP contribution in [0.5, 0.6) is 0 Å². The lowest BCUT2D eigenvalue weighted by Crippen LogP contribution is -2.25. The molecule has 0 bridgehead atoms. The van der Waals surface area contributed by atoms with Crippen LogP contribution in [0.4, 0.5) is 0 Å². The maximum atomic E-state index is 2.32. The molecule has 0 saturated heterocycles. The molecule has 0 unspecified atom stereocenters. The summed E-state index contributed by atoms with van der Waals surface area (Å²) in [7, 11) is 0. The van der Waals surface area contributed by atoms with Crippen LogP contribution in [0.15, 0.2) is 0 Å². The van der Waals surface area contributed by atoms with Crippen molar-refractivity contribution in [3.05, 3.63) is 0 Å². The lowest BCUT2D eigenvalue weighted by molar-refractivity contribution is 0.139. The van der Waals surface area contributed by atoms with Gasteiger partial charge in [0, 0.05) is 0 Å². The van der Waals surface area contributed by atoms with Gasteiger partial charge in [0.15, 0.2) is 0 Å². The molecule has 2 aliphatic carbocycles. The Labute approximate surface area is 191 Å². The Morgan fingerprint density at radius 2 is 0.667 bits per heavy atom. The summed E-state index contributed by atoms with van der Waals surface area (Å²) in [5, 5.41) is 0. The molecule has 178 valence electrons. The minimum atomic E-state index is 1.09. The molecule has 30 heavy (non-hydrogen) atoms. The van der Waals surface area contributed by atoms with Gasteiger partial charge in [-0.1, -0.05) is 142 Å². The van der Waals surface area contributed by atoms with Crippen molar-refractivity contribution in [2.75, 3.05) is 0 Å². The van der Waals surface area contributed by atoms with Crippen LogP contribution >= 0.6 is 0 Å². The summed E-state index contributed by atoms with van der Waals surface area (Å²) in [6.07, 6.45) is 36.3. The van der Waals surface area contributed by atoms with Gasteiger partial charge in [-0.3, -0.25) is 0 Å². The summed E-state index contributed by atoms with van der Waals surface area (Å²) in [6.45, 7) is 4.64. The van der Waals surface area contributed by atoms with Crippen molar-refractivity contribution in [3.63, 3.8) is 0 Å². The Kier molecular flexibility index (Phi) is 15.4. The molecule has 2 aliphatic rings. The summed E-state index contributed by atoms with van der Waals surface area (Å²) in [4.78, 5) is 0. The fourth-order valence-corrected chi connectivity index (χ4v) is 6.68. The molecule has 0 heteroatoms. The van der Waals surface area contributed by atoms with E-state index in [2.05, 4.69) is 13.8 Å². The van der Waals surface area contributed by atoms with Gasteiger partial charge in [0.25, 0.3) is 0 Å². The van der Waals surface area contributed by atoms with Gasteiger partial charge in [-0.05, 0) is 49.4 Å². The van der Waals surface area contributed by atoms with Crippen LogP contribution in [-0.4, -0.2) is 0 Å². The van der Waals surface area contributed by atoms with E-state index in [1.165, 1.54) is 89.9 Å². The van der Waals surface area contributed by atoms with Crippen LogP contribution in [0.1, 0.15) is 168 Å². The molecule has 0 radical (unpaired) electrons. The van der Waals surface area contributed by atoms with E-state index in [1.807, 2.05) is 0 Å². The number of rotatable bonds is 17. The van der Waals surface area contributed by atoms with Crippen molar-refractivity contribution in [2.45, 2.75) is 168 Å². The number of hydrogen-bond donors (Lipinski definition) is 0. The molecule has 0 amide bonds. The topological polar surface area (TPSA) is 0 Å². The van der Waals surface area contributed by atoms with Crippen molar-refractivity contribution >= 4 is 0 Å². The molecule has 2 saturated carbocycles. The maximum Gasteiger partial charge on any atom is -0.0386 e. The zero-order chi connectivity index (χ0) is 21.3. The third-order valence-electron chi connectivity index (χ3n) is 8.88. The molecule has 2 fully saturated rings. The number of hydrogen-bond acceptors (Lipinski definition) is 0. The van der Waals surface area contributed by atoms with Gasteiger partial charge in [0.05, 0.1) is 0 Å². The molecular formula is C30H58. The molecule has 0 atom stereocenters. The van der Waals surface area contributed by atoms with Gasteiger partial charge >= 0.3 is 0 Å². The fraction of sp³-hybridized carbons (Fsp3) is 1.00. The van der Waals surface area contributed by atoms with E-state index in [0.717, 1.165) is 23.7 Å². The van der Waals surface area contributed by atoms with Crippen molar-refractivity contribution in [1.29, 1.82) is 0 Å². The van der Waals surface area contributed by atoms with Crippen LogP contribution in [-0.2, 0) is 0 Å². The van der Waals surface area contributed by atoms with Gasteiger partial charge in [0.2, 0.25) is 0 Å². The molecule has 0 spiro atoms. The summed E-state index contributed by atoms with van der Waals surface area (Å²) in [6, 6.07) is 0.